The number of fused-ring (bicyclic) bond motifs is 1. The Hall–Kier alpha value is -3.86. The van der Waals surface area contributed by atoms with Gasteiger partial charge in [0.25, 0.3) is 0 Å². The van der Waals surface area contributed by atoms with Crippen molar-refractivity contribution in [1.29, 1.82) is 0 Å². The smallest absolute Gasteiger partial charge is 0.343 e. The Kier molecular flexibility index (Phi) is 5.11. The number of hydrogen-bond donors (Lipinski definition) is 0. The lowest BCUT2D eigenvalue weighted by Gasteiger charge is -2.10. The lowest BCUT2D eigenvalue weighted by molar-refractivity contribution is 0.0733. The number of esters is 1. The van der Waals surface area contributed by atoms with Gasteiger partial charge in [-0.1, -0.05) is 29.8 Å². The fourth-order valence-corrected chi connectivity index (χ4v) is 3.18. The highest BCUT2D eigenvalue weighted by Crippen LogP contribution is 2.39. The molecule has 3 aromatic rings. The number of hydrogen-bond acceptors (Lipinski definition) is 5. The molecule has 5 heteroatoms. The van der Waals surface area contributed by atoms with Gasteiger partial charge in [-0.15, -0.1) is 0 Å². The minimum atomic E-state index is -0.500. The van der Waals surface area contributed by atoms with Crippen LogP contribution in [0.15, 0.2) is 66.4 Å². The van der Waals surface area contributed by atoms with E-state index in [0.29, 0.717) is 33.9 Å². The molecule has 0 saturated heterocycles. The van der Waals surface area contributed by atoms with E-state index in [2.05, 4.69) is 0 Å². The molecular weight excluding hydrogens is 380 g/mol. The van der Waals surface area contributed by atoms with Crippen LogP contribution in [0.2, 0.25) is 0 Å². The van der Waals surface area contributed by atoms with Crippen LogP contribution in [0.25, 0.3) is 6.08 Å². The Balaban J connectivity index is 1.58. The van der Waals surface area contributed by atoms with Crippen LogP contribution in [0.3, 0.4) is 0 Å². The number of methoxy groups -OCH3 is 1. The predicted octanol–water partition coefficient (Wildman–Crippen LogP) is 5.15. The van der Waals surface area contributed by atoms with Crippen molar-refractivity contribution >= 4 is 17.8 Å². The Morgan fingerprint density at radius 3 is 2.30 bits per heavy atom. The first kappa shape index (κ1) is 19.5. The van der Waals surface area contributed by atoms with Crippen LogP contribution in [0.4, 0.5) is 0 Å². The number of Topliss-reactive ketones (excluding diaryl/α,β-unsaturated/α-hetero) is 1. The van der Waals surface area contributed by atoms with Gasteiger partial charge in [0.05, 0.1) is 18.2 Å². The molecule has 0 spiro atoms. The topological polar surface area (TPSA) is 61.8 Å². The molecule has 0 radical (unpaired) electrons. The Morgan fingerprint density at radius 2 is 1.63 bits per heavy atom. The summed E-state index contributed by atoms with van der Waals surface area (Å²) in [5.74, 6) is 0.968. The van der Waals surface area contributed by atoms with E-state index in [-0.39, 0.29) is 11.5 Å². The molecule has 0 N–H and O–H groups in total. The van der Waals surface area contributed by atoms with E-state index in [1.165, 1.54) is 0 Å². The standard InChI is InChI=1S/C25H20O5/c1-15-4-6-17(7-5-15)14-22-23(26)20-12-13-21(16(2)24(20)29-22)30-25(27)18-8-10-19(28-3)11-9-18/h4-14H,1-3H3/b22-14-. The monoisotopic (exact) mass is 400 g/mol. The summed E-state index contributed by atoms with van der Waals surface area (Å²) in [6.45, 7) is 3.76. The molecule has 0 amide bonds. The van der Waals surface area contributed by atoms with Crippen LogP contribution < -0.4 is 14.2 Å². The van der Waals surface area contributed by atoms with Crippen LogP contribution in [0.1, 0.15) is 37.4 Å². The third-order valence-electron chi connectivity index (χ3n) is 4.94. The lowest BCUT2D eigenvalue weighted by atomic mass is 10.1. The highest BCUT2D eigenvalue weighted by Gasteiger charge is 2.30. The van der Waals surface area contributed by atoms with Crippen molar-refractivity contribution in [1.82, 2.24) is 0 Å². The summed E-state index contributed by atoms with van der Waals surface area (Å²) in [5.41, 5.74) is 3.46. The van der Waals surface area contributed by atoms with E-state index in [9.17, 15) is 9.59 Å². The Morgan fingerprint density at radius 1 is 0.933 bits per heavy atom. The zero-order chi connectivity index (χ0) is 21.3. The molecule has 0 unspecified atom stereocenters. The van der Waals surface area contributed by atoms with Crippen molar-refractivity contribution in [2.24, 2.45) is 0 Å². The molecule has 0 bridgehead atoms. The number of benzene rings is 3. The summed E-state index contributed by atoms with van der Waals surface area (Å²) in [7, 11) is 1.56. The second-order valence-corrected chi connectivity index (χ2v) is 7.03. The molecule has 0 aromatic heterocycles. The minimum Gasteiger partial charge on any atom is -0.497 e. The number of carbonyl (C=O) groups excluding carboxylic acids is 2. The number of ether oxygens (including phenoxy) is 3. The largest absolute Gasteiger partial charge is 0.497 e. The van der Waals surface area contributed by atoms with Gasteiger partial charge in [0, 0.05) is 5.56 Å². The lowest BCUT2D eigenvalue weighted by Crippen LogP contribution is -2.09. The van der Waals surface area contributed by atoms with Crippen LogP contribution in [0, 0.1) is 13.8 Å². The zero-order valence-electron chi connectivity index (χ0n) is 16.9. The molecule has 3 aromatic carbocycles. The van der Waals surface area contributed by atoms with Crippen LogP contribution in [-0.4, -0.2) is 18.9 Å². The van der Waals surface area contributed by atoms with Crippen molar-refractivity contribution in [2.75, 3.05) is 7.11 Å². The molecule has 150 valence electrons. The van der Waals surface area contributed by atoms with Gasteiger partial charge in [0.2, 0.25) is 5.78 Å². The zero-order valence-corrected chi connectivity index (χ0v) is 16.9. The van der Waals surface area contributed by atoms with Gasteiger partial charge in [0.15, 0.2) is 5.76 Å². The van der Waals surface area contributed by atoms with E-state index in [1.54, 1.807) is 56.5 Å². The van der Waals surface area contributed by atoms with Crippen LogP contribution >= 0.6 is 0 Å². The highest BCUT2D eigenvalue weighted by molar-refractivity contribution is 6.15. The van der Waals surface area contributed by atoms with E-state index >= 15 is 0 Å². The fourth-order valence-electron chi connectivity index (χ4n) is 3.18. The summed E-state index contributed by atoms with van der Waals surface area (Å²) in [4.78, 5) is 25.2. The van der Waals surface area contributed by atoms with Gasteiger partial charge >= 0.3 is 5.97 Å². The third kappa shape index (κ3) is 3.70. The van der Waals surface area contributed by atoms with E-state index < -0.39 is 5.97 Å². The van der Waals surface area contributed by atoms with Gasteiger partial charge in [-0.2, -0.15) is 0 Å². The first-order chi connectivity index (χ1) is 14.5. The third-order valence-corrected chi connectivity index (χ3v) is 4.94. The number of aryl methyl sites for hydroxylation is 1. The SMILES string of the molecule is COc1ccc(C(=O)Oc2ccc3c(c2C)O/C(=C\c2ccc(C)cc2)C3=O)cc1. The molecule has 0 saturated carbocycles. The van der Waals surface area contributed by atoms with Gasteiger partial charge in [0.1, 0.15) is 17.2 Å². The first-order valence-electron chi connectivity index (χ1n) is 9.47. The second kappa shape index (κ2) is 7.87. The molecule has 30 heavy (non-hydrogen) atoms. The van der Waals surface area contributed by atoms with Crippen molar-refractivity contribution in [2.45, 2.75) is 13.8 Å². The summed E-state index contributed by atoms with van der Waals surface area (Å²) >= 11 is 0. The van der Waals surface area contributed by atoms with E-state index in [4.69, 9.17) is 14.2 Å². The van der Waals surface area contributed by atoms with E-state index in [0.717, 1.165) is 11.1 Å². The van der Waals surface area contributed by atoms with Crippen molar-refractivity contribution in [3.05, 3.63) is 94.2 Å². The molecule has 1 heterocycles. The maximum Gasteiger partial charge on any atom is 0.343 e. The van der Waals surface area contributed by atoms with Gasteiger partial charge < -0.3 is 14.2 Å². The number of ketones is 1. The molecule has 0 fully saturated rings. The van der Waals surface area contributed by atoms with E-state index in [1.807, 2.05) is 31.2 Å². The summed E-state index contributed by atoms with van der Waals surface area (Å²) in [6.07, 6.45) is 1.71. The predicted molar refractivity (Wildman–Crippen MR) is 113 cm³/mol. The van der Waals surface area contributed by atoms with Crippen molar-refractivity contribution in [3.63, 3.8) is 0 Å². The van der Waals surface area contributed by atoms with Crippen LogP contribution in [0.5, 0.6) is 17.2 Å². The maximum absolute atomic E-state index is 12.7. The highest BCUT2D eigenvalue weighted by atomic mass is 16.5. The number of rotatable bonds is 4. The molecule has 0 atom stereocenters. The van der Waals surface area contributed by atoms with Crippen molar-refractivity contribution < 1.29 is 23.8 Å². The molecule has 0 aliphatic carbocycles. The molecule has 4 rings (SSSR count). The second-order valence-electron chi connectivity index (χ2n) is 7.03. The van der Waals surface area contributed by atoms with Gasteiger partial charge in [-0.3, -0.25) is 4.79 Å². The Bertz CT molecular complexity index is 1160. The molecular formula is C25H20O5. The molecule has 1 aliphatic heterocycles. The quantitative estimate of drug-likeness (QED) is 0.344. The maximum atomic E-state index is 12.7. The normalized spacial score (nSPS) is 13.7. The van der Waals surface area contributed by atoms with Crippen molar-refractivity contribution in [3.8, 4) is 17.2 Å². The van der Waals surface area contributed by atoms with Gasteiger partial charge in [-0.25, -0.2) is 4.79 Å². The molecule has 5 nitrogen and oxygen atoms in total. The Labute approximate surface area is 174 Å². The fraction of sp³-hybridized carbons (Fsp3) is 0.120. The average molecular weight is 400 g/mol. The molecule has 1 aliphatic rings. The summed E-state index contributed by atoms with van der Waals surface area (Å²) < 4.78 is 16.5. The minimum absolute atomic E-state index is 0.193. The summed E-state index contributed by atoms with van der Waals surface area (Å²) in [5, 5.41) is 0. The summed E-state index contributed by atoms with van der Waals surface area (Å²) in [6, 6.07) is 17.7. The van der Waals surface area contributed by atoms with Gasteiger partial charge in [-0.05, 0) is 61.9 Å². The number of carbonyl (C=O) groups is 2. The number of allylic oxidation sites excluding steroid dienone is 1. The van der Waals surface area contributed by atoms with Crippen LogP contribution in [-0.2, 0) is 0 Å². The average Bonchev–Trinajstić information content (AvgIpc) is 3.08. The first-order valence-corrected chi connectivity index (χ1v) is 9.47.